The maximum absolute atomic E-state index is 12.8. The molecule has 1 aromatic heterocycles. The second kappa shape index (κ2) is 7.18. The molecular weight excluding hydrogens is 278 g/mol. The Morgan fingerprint density at radius 1 is 1.27 bits per heavy atom. The van der Waals surface area contributed by atoms with Gasteiger partial charge in [0, 0.05) is 31.3 Å². The summed E-state index contributed by atoms with van der Waals surface area (Å²) < 4.78 is 0. The highest BCUT2D eigenvalue weighted by Crippen LogP contribution is 2.32. The number of aliphatic hydroxyl groups is 1. The SMILES string of the molecule is O=C(c1ccnc(C2CCCC2)n1)N1CCCC1CCCO. The van der Waals surface area contributed by atoms with Crippen molar-refractivity contribution in [2.45, 2.75) is 63.3 Å². The zero-order valence-corrected chi connectivity index (χ0v) is 13.1. The highest BCUT2D eigenvalue weighted by atomic mass is 16.3. The number of carbonyl (C=O) groups excluding carboxylic acids is 1. The standard InChI is InChI=1S/C17H25N3O2/c21-12-4-8-14-7-3-11-20(14)17(22)15-9-10-18-16(19-15)13-5-1-2-6-13/h9-10,13-14,21H,1-8,11-12H2. The Morgan fingerprint density at radius 2 is 2.09 bits per heavy atom. The quantitative estimate of drug-likeness (QED) is 0.907. The number of amides is 1. The lowest BCUT2D eigenvalue weighted by atomic mass is 10.1. The van der Waals surface area contributed by atoms with Gasteiger partial charge < -0.3 is 10.0 Å². The molecule has 22 heavy (non-hydrogen) atoms. The average molecular weight is 303 g/mol. The second-order valence-corrected chi connectivity index (χ2v) is 6.44. The van der Waals surface area contributed by atoms with E-state index in [9.17, 15) is 4.79 Å². The predicted molar refractivity (Wildman–Crippen MR) is 83.6 cm³/mol. The van der Waals surface area contributed by atoms with Gasteiger partial charge in [-0.2, -0.15) is 0 Å². The Morgan fingerprint density at radius 3 is 2.86 bits per heavy atom. The molecule has 0 radical (unpaired) electrons. The Kier molecular flexibility index (Phi) is 5.03. The molecular formula is C17H25N3O2. The minimum absolute atomic E-state index is 0.0297. The molecule has 0 aromatic carbocycles. The summed E-state index contributed by atoms with van der Waals surface area (Å²) >= 11 is 0. The highest BCUT2D eigenvalue weighted by molar-refractivity contribution is 5.92. The maximum Gasteiger partial charge on any atom is 0.272 e. The number of rotatable bonds is 5. The molecule has 120 valence electrons. The van der Waals surface area contributed by atoms with Gasteiger partial charge in [-0.15, -0.1) is 0 Å². The number of hydrogen-bond donors (Lipinski definition) is 1. The van der Waals surface area contributed by atoms with E-state index in [4.69, 9.17) is 5.11 Å². The van der Waals surface area contributed by atoms with Gasteiger partial charge in [0.05, 0.1) is 0 Å². The molecule has 2 fully saturated rings. The molecule has 0 bridgehead atoms. The lowest BCUT2D eigenvalue weighted by Crippen LogP contribution is -2.36. The van der Waals surface area contributed by atoms with Crippen LogP contribution in [0.2, 0.25) is 0 Å². The fourth-order valence-electron chi connectivity index (χ4n) is 3.75. The minimum Gasteiger partial charge on any atom is -0.396 e. The monoisotopic (exact) mass is 303 g/mol. The lowest BCUT2D eigenvalue weighted by Gasteiger charge is -2.24. The van der Waals surface area contributed by atoms with Crippen molar-refractivity contribution >= 4 is 5.91 Å². The molecule has 1 aromatic rings. The van der Waals surface area contributed by atoms with Crippen molar-refractivity contribution in [3.05, 3.63) is 23.8 Å². The first-order valence-corrected chi connectivity index (χ1v) is 8.54. The number of carbonyl (C=O) groups is 1. The molecule has 1 amide bonds. The van der Waals surface area contributed by atoms with Crippen LogP contribution in [0, 0.1) is 0 Å². The van der Waals surface area contributed by atoms with Crippen molar-refractivity contribution in [1.82, 2.24) is 14.9 Å². The second-order valence-electron chi connectivity index (χ2n) is 6.44. The van der Waals surface area contributed by atoms with Gasteiger partial charge in [-0.25, -0.2) is 9.97 Å². The lowest BCUT2D eigenvalue weighted by molar-refractivity contribution is 0.0718. The summed E-state index contributed by atoms with van der Waals surface area (Å²) in [7, 11) is 0. The summed E-state index contributed by atoms with van der Waals surface area (Å²) in [5.74, 6) is 1.30. The third-order valence-corrected chi connectivity index (χ3v) is 4.95. The van der Waals surface area contributed by atoms with Gasteiger partial charge in [0.2, 0.25) is 0 Å². The number of nitrogens with zero attached hydrogens (tertiary/aromatic N) is 3. The first-order chi connectivity index (χ1) is 10.8. The van der Waals surface area contributed by atoms with E-state index in [2.05, 4.69) is 9.97 Å². The van der Waals surface area contributed by atoms with Gasteiger partial charge in [-0.1, -0.05) is 12.8 Å². The number of hydrogen-bond acceptors (Lipinski definition) is 4. The average Bonchev–Trinajstić information content (AvgIpc) is 3.23. The van der Waals surface area contributed by atoms with E-state index in [1.807, 2.05) is 4.90 Å². The summed E-state index contributed by atoms with van der Waals surface area (Å²) in [5, 5.41) is 9.00. The zero-order valence-electron chi connectivity index (χ0n) is 13.1. The summed E-state index contributed by atoms with van der Waals surface area (Å²) in [6.07, 6.45) is 10.2. The molecule has 5 nitrogen and oxygen atoms in total. The van der Waals surface area contributed by atoms with E-state index in [1.54, 1.807) is 12.3 Å². The molecule has 0 spiro atoms. The fraction of sp³-hybridized carbons (Fsp3) is 0.706. The molecule has 1 unspecified atom stereocenters. The molecule has 1 atom stereocenters. The van der Waals surface area contributed by atoms with Gasteiger partial charge in [0.1, 0.15) is 11.5 Å². The van der Waals surface area contributed by atoms with E-state index >= 15 is 0 Å². The summed E-state index contributed by atoms with van der Waals surface area (Å²) in [6, 6.07) is 1.99. The van der Waals surface area contributed by atoms with Crippen LogP contribution < -0.4 is 0 Å². The van der Waals surface area contributed by atoms with Crippen LogP contribution >= 0.6 is 0 Å². The van der Waals surface area contributed by atoms with Crippen molar-refractivity contribution in [1.29, 1.82) is 0 Å². The molecule has 1 aliphatic heterocycles. The highest BCUT2D eigenvalue weighted by Gasteiger charge is 2.30. The third-order valence-electron chi connectivity index (χ3n) is 4.95. The maximum atomic E-state index is 12.8. The third kappa shape index (κ3) is 3.29. The minimum atomic E-state index is 0.0297. The van der Waals surface area contributed by atoms with E-state index in [0.29, 0.717) is 11.6 Å². The smallest absolute Gasteiger partial charge is 0.272 e. The van der Waals surface area contributed by atoms with Crippen LogP contribution in [0.25, 0.3) is 0 Å². The van der Waals surface area contributed by atoms with Crippen LogP contribution in [-0.4, -0.2) is 45.1 Å². The van der Waals surface area contributed by atoms with E-state index in [0.717, 1.165) is 50.9 Å². The molecule has 2 heterocycles. The van der Waals surface area contributed by atoms with Gasteiger partial charge in [0.15, 0.2) is 0 Å². The van der Waals surface area contributed by atoms with Crippen LogP contribution in [0.1, 0.15) is 73.6 Å². The van der Waals surface area contributed by atoms with Crippen LogP contribution in [0.15, 0.2) is 12.3 Å². The molecule has 1 saturated heterocycles. The summed E-state index contributed by atoms with van der Waals surface area (Å²) in [4.78, 5) is 23.6. The molecule has 3 rings (SSSR count). The fourth-order valence-corrected chi connectivity index (χ4v) is 3.75. The molecule has 2 aliphatic rings. The predicted octanol–water partition coefficient (Wildman–Crippen LogP) is 2.51. The first kappa shape index (κ1) is 15.4. The van der Waals surface area contributed by atoms with E-state index < -0.39 is 0 Å². The number of aromatic nitrogens is 2. The van der Waals surface area contributed by atoms with Gasteiger partial charge in [-0.05, 0) is 44.6 Å². The van der Waals surface area contributed by atoms with Gasteiger partial charge in [-0.3, -0.25) is 4.79 Å². The van der Waals surface area contributed by atoms with Crippen molar-refractivity contribution in [3.8, 4) is 0 Å². The Hall–Kier alpha value is -1.49. The van der Waals surface area contributed by atoms with Crippen LogP contribution in [-0.2, 0) is 0 Å². The number of aliphatic hydroxyl groups excluding tert-OH is 1. The van der Waals surface area contributed by atoms with Crippen molar-refractivity contribution in [2.24, 2.45) is 0 Å². The molecule has 1 aliphatic carbocycles. The molecule has 1 N–H and O–H groups in total. The van der Waals surface area contributed by atoms with Crippen LogP contribution in [0.4, 0.5) is 0 Å². The summed E-state index contributed by atoms with van der Waals surface area (Å²) in [5.41, 5.74) is 0.535. The van der Waals surface area contributed by atoms with Crippen molar-refractivity contribution in [3.63, 3.8) is 0 Å². The zero-order chi connectivity index (χ0) is 15.4. The first-order valence-electron chi connectivity index (χ1n) is 8.54. The van der Waals surface area contributed by atoms with E-state index in [1.165, 1.54) is 12.8 Å². The largest absolute Gasteiger partial charge is 0.396 e. The van der Waals surface area contributed by atoms with Crippen molar-refractivity contribution < 1.29 is 9.90 Å². The van der Waals surface area contributed by atoms with Crippen LogP contribution in [0.5, 0.6) is 0 Å². The van der Waals surface area contributed by atoms with E-state index in [-0.39, 0.29) is 18.6 Å². The van der Waals surface area contributed by atoms with Gasteiger partial charge >= 0.3 is 0 Å². The molecule has 1 saturated carbocycles. The molecule has 5 heteroatoms. The number of likely N-dealkylation sites (tertiary alicyclic amines) is 1. The normalized spacial score (nSPS) is 22.4. The van der Waals surface area contributed by atoms with Crippen molar-refractivity contribution in [2.75, 3.05) is 13.2 Å². The van der Waals surface area contributed by atoms with Crippen LogP contribution in [0.3, 0.4) is 0 Å². The Bertz CT molecular complexity index is 514. The summed E-state index contributed by atoms with van der Waals surface area (Å²) in [6.45, 7) is 0.996. The Labute approximate surface area is 131 Å². The van der Waals surface area contributed by atoms with Gasteiger partial charge in [0.25, 0.3) is 5.91 Å². The topological polar surface area (TPSA) is 66.3 Å². The Balaban J connectivity index is 1.72.